The average Bonchev–Trinajstić information content (AvgIpc) is 2.93. The predicted octanol–water partition coefficient (Wildman–Crippen LogP) is 5.03. The second-order valence-electron chi connectivity index (χ2n) is 4.98. The number of hydrogen-bond acceptors (Lipinski definition) is 3. The Morgan fingerprint density at radius 3 is 2.73 bits per heavy atom. The van der Waals surface area contributed by atoms with Crippen LogP contribution in [0.1, 0.15) is 22.8 Å². The summed E-state index contributed by atoms with van der Waals surface area (Å²) in [6.45, 7) is 4.59. The van der Waals surface area contributed by atoms with Gasteiger partial charge in [0, 0.05) is 16.6 Å². The predicted molar refractivity (Wildman–Crippen MR) is 95.8 cm³/mol. The molecule has 5 heteroatoms. The topological polar surface area (TPSA) is 33.2 Å². The first kappa shape index (κ1) is 15.2. The highest BCUT2D eigenvalue weighted by Crippen LogP contribution is 2.31. The fourth-order valence-corrected chi connectivity index (χ4v) is 3.84. The number of benzene rings is 2. The quantitative estimate of drug-likeness (QED) is 0.643. The summed E-state index contributed by atoms with van der Waals surface area (Å²) in [7, 11) is 0. The Morgan fingerprint density at radius 2 is 2.05 bits per heavy atom. The third kappa shape index (κ3) is 2.78. The number of para-hydroxylation sites is 1. The Kier molecular flexibility index (Phi) is 4.27. The lowest BCUT2D eigenvalue weighted by Gasteiger charge is -2.17. The highest BCUT2D eigenvalue weighted by atomic mass is 79.9. The lowest BCUT2D eigenvalue weighted by Crippen LogP contribution is -2.30. The first-order valence-corrected chi connectivity index (χ1v) is 8.64. The fourth-order valence-electron chi connectivity index (χ4n) is 2.33. The Balaban J connectivity index is 2.02. The van der Waals surface area contributed by atoms with E-state index in [9.17, 15) is 4.79 Å². The van der Waals surface area contributed by atoms with Crippen LogP contribution >= 0.6 is 27.3 Å². The van der Waals surface area contributed by atoms with E-state index in [1.54, 1.807) is 16.2 Å². The van der Waals surface area contributed by atoms with Crippen LogP contribution in [-0.4, -0.2) is 17.4 Å². The minimum atomic E-state index is -0.0273. The zero-order chi connectivity index (χ0) is 15.7. The van der Waals surface area contributed by atoms with E-state index in [0.717, 1.165) is 25.4 Å². The minimum absolute atomic E-state index is 0.0273. The Bertz CT molecular complexity index is 844. The van der Waals surface area contributed by atoms with Gasteiger partial charge in [0.15, 0.2) is 5.13 Å². The van der Waals surface area contributed by atoms with Gasteiger partial charge in [-0.05, 0) is 43.7 Å². The summed E-state index contributed by atoms with van der Waals surface area (Å²) in [4.78, 5) is 19.2. The van der Waals surface area contributed by atoms with Gasteiger partial charge >= 0.3 is 0 Å². The van der Waals surface area contributed by atoms with Crippen molar-refractivity contribution in [3.8, 4) is 0 Å². The van der Waals surface area contributed by atoms with Crippen molar-refractivity contribution in [3.05, 3.63) is 58.1 Å². The van der Waals surface area contributed by atoms with Crippen molar-refractivity contribution in [2.24, 2.45) is 0 Å². The molecule has 0 fully saturated rings. The molecule has 112 valence electrons. The van der Waals surface area contributed by atoms with Crippen LogP contribution in [0.4, 0.5) is 5.13 Å². The van der Waals surface area contributed by atoms with Crippen LogP contribution in [0.25, 0.3) is 10.2 Å². The van der Waals surface area contributed by atoms with Crippen molar-refractivity contribution < 1.29 is 4.79 Å². The van der Waals surface area contributed by atoms with E-state index in [2.05, 4.69) is 20.9 Å². The SMILES string of the molecule is CCN(C(=O)c1cccc(Br)c1)c1nc2c(C)cccc2s1. The van der Waals surface area contributed by atoms with Crippen molar-refractivity contribution in [3.63, 3.8) is 0 Å². The van der Waals surface area contributed by atoms with Crippen molar-refractivity contribution in [2.75, 3.05) is 11.4 Å². The van der Waals surface area contributed by atoms with Crippen LogP contribution in [0.5, 0.6) is 0 Å². The van der Waals surface area contributed by atoms with Crippen LogP contribution in [0, 0.1) is 6.92 Å². The van der Waals surface area contributed by atoms with Crippen molar-refractivity contribution in [2.45, 2.75) is 13.8 Å². The summed E-state index contributed by atoms with van der Waals surface area (Å²) in [5, 5.41) is 0.747. The number of aromatic nitrogens is 1. The lowest BCUT2D eigenvalue weighted by atomic mass is 10.2. The molecular formula is C17H15BrN2OS. The molecule has 0 atom stereocenters. The van der Waals surface area contributed by atoms with Gasteiger partial charge in [-0.15, -0.1) is 0 Å². The van der Waals surface area contributed by atoms with Gasteiger partial charge in [0.1, 0.15) is 0 Å². The number of carbonyl (C=O) groups is 1. The van der Waals surface area contributed by atoms with Gasteiger partial charge in [0.2, 0.25) is 0 Å². The third-order valence-corrected chi connectivity index (χ3v) is 5.01. The highest BCUT2D eigenvalue weighted by Gasteiger charge is 2.20. The smallest absolute Gasteiger partial charge is 0.260 e. The summed E-state index contributed by atoms with van der Waals surface area (Å²) < 4.78 is 2.00. The monoisotopic (exact) mass is 374 g/mol. The second-order valence-corrected chi connectivity index (χ2v) is 6.90. The molecule has 0 aliphatic carbocycles. The molecule has 0 saturated carbocycles. The molecule has 0 aliphatic rings. The second kappa shape index (κ2) is 6.18. The van der Waals surface area contributed by atoms with Crippen LogP contribution in [0.15, 0.2) is 46.9 Å². The van der Waals surface area contributed by atoms with E-state index in [4.69, 9.17) is 0 Å². The van der Waals surface area contributed by atoms with Crippen molar-refractivity contribution in [1.29, 1.82) is 0 Å². The standard InChI is InChI=1S/C17H15BrN2OS/c1-3-20(16(21)12-7-5-8-13(18)10-12)17-19-15-11(2)6-4-9-14(15)22-17/h4-10H,3H2,1-2H3. The number of amides is 1. The van der Waals surface area contributed by atoms with E-state index in [0.29, 0.717) is 12.1 Å². The Hall–Kier alpha value is -1.72. The average molecular weight is 375 g/mol. The summed E-state index contributed by atoms with van der Waals surface area (Å²) in [5.41, 5.74) is 2.76. The van der Waals surface area contributed by atoms with Gasteiger partial charge < -0.3 is 0 Å². The van der Waals surface area contributed by atoms with E-state index in [1.807, 2.05) is 56.3 Å². The van der Waals surface area contributed by atoms with Gasteiger partial charge in [-0.1, -0.05) is 45.5 Å². The molecule has 3 aromatic rings. The number of anilines is 1. The van der Waals surface area contributed by atoms with E-state index in [1.165, 1.54) is 0 Å². The van der Waals surface area contributed by atoms with Gasteiger partial charge in [-0.2, -0.15) is 0 Å². The maximum absolute atomic E-state index is 12.8. The molecule has 0 radical (unpaired) electrons. The molecule has 0 unspecified atom stereocenters. The van der Waals surface area contributed by atoms with Crippen molar-refractivity contribution >= 4 is 48.5 Å². The summed E-state index contributed by atoms with van der Waals surface area (Å²) >= 11 is 4.97. The lowest BCUT2D eigenvalue weighted by molar-refractivity contribution is 0.0988. The third-order valence-electron chi connectivity index (χ3n) is 3.47. The molecule has 1 amide bonds. The van der Waals surface area contributed by atoms with E-state index in [-0.39, 0.29) is 5.91 Å². The first-order valence-electron chi connectivity index (χ1n) is 7.03. The molecule has 3 rings (SSSR count). The number of rotatable bonds is 3. The van der Waals surface area contributed by atoms with Crippen LogP contribution in [0.3, 0.4) is 0 Å². The summed E-state index contributed by atoms with van der Waals surface area (Å²) in [5.74, 6) is -0.0273. The van der Waals surface area contributed by atoms with Crippen LogP contribution in [-0.2, 0) is 0 Å². The maximum atomic E-state index is 12.8. The van der Waals surface area contributed by atoms with Gasteiger partial charge in [0.05, 0.1) is 10.2 Å². The largest absolute Gasteiger partial charge is 0.284 e. The van der Waals surface area contributed by atoms with E-state index >= 15 is 0 Å². The number of hydrogen-bond donors (Lipinski definition) is 0. The van der Waals surface area contributed by atoms with Crippen LogP contribution in [0.2, 0.25) is 0 Å². The Labute approximate surface area is 141 Å². The number of thiazole rings is 1. The first-order chi connectivity index (χ1) is 10.6. The molecule has 0 spiro atoms. The number of halogens is 1. The fraction of sp³-hybridized carbons (Fsp3) is 0.176. The Morgan fingerprint density at radius 1 is 1.27 bits per heavy atom. The van der Waals surface area contributed by atoms with Gasteiger partial charge in [-0.25, -0.2) is 4.98 Å². The van der Waals surface area contributed by atoms with E-state index < -0.39 is 0 Å². The van der Waals surface area contributed by atoms with Gasteiger partial charge in [0.25, 0.3) is 5.91 Å². The maximum Gasteiger partial charge on any atom is 0.260 e. The summed E-state index contributed by atoms with van der Waals surface area (Å²) in [6, 6.07) is 13.5. The molecule has 0 aliphatic heterocycles. The molecule has 0 N–H and O–H groups in total. The molecular weight excluding hydrogens is 360 g/mol. The molecule has 0 saturated heterocycles. The molecule has 1 aromatic heterocycles. The molecule has 3 nitrogen and oxygen atoms in total. The molecule has 22 heavy (non-hydrogen) atoms. The van der Waals surface area contributed by atoms with Crippen LogP contribution < -0.4 is 4.90 Å². The zero-order valence-corrected chi connectivity index (χ0v) is 14.7. The number of carbonyl (C=O) groups excluding carboxylic acids is 1. The molecule has 1 heterocycles. The zero-order valence-electron chi connectivity index (χ0n) is 12.3. The highest BCUT2D eigenvalue weighted by molar-refractivity contribution is 9.10. The molecule has 2 aromatic carbocycles. The number of fused-ring (bicyclic) bond motifs is 1. The summed E-state index contributed by atoms with van der Waals surface area (Å²) in [6.07, 6.45) is 0. The van der Waals surface area contributed by atoms with Gasteiger partial charge in [-0.3, -0.25) is 9.69 Å². The molecule has 0 bridgehead atoms. The normalized spacial score (nSPS) is 10.9. The number of aryl methyl sites for hydroxylation is 1. The minimum Gasteiger partial charge on any atom is -0.284 e. The number of nitrogens with zero attached hydrogens (tertiary/aromatic N) is 2. The van der Waals surface area contributed by atoms with Crippen molar-refractivity contribution in [1.82, 2.24) is 4.98 Å².